The molecule has 0 saturated heterocycles. The summed E-state index contributed by atoms with van der Waals surface area (Å²) in [5.74, 6) is 0.972. The summed E-state index contributed by atoms with van der Waals surface area (Å²) in [7, 11) is 0. The van der Waals surface area contributed by atoms with Gasteiger partial charge >= 0.3 is 0 Å². The molecule has 0 bridgehead atoms. The Morgan fingerprint density at radius 2 is 2.08 bits per heavy atom. The van der Waals surface area contributed by atoms with E-state index in [1.807, 2.05) is 17.4 Å². The Labute approximate surface area is 154 Å². The van der Waals surface area contributed by atoms with Gasteiger partial charge in [0.05, 0.1) is 6.54 Å². The van der Waals surface area contributed by atoms with Crippen LogP contribution in [0.5, 0.6) is 0 Å². The number of rotatable bonds is 6. The van der Waals surface area contributed by atoms with Crippen molar-refractivity contribution in [3.05, 3.63) is 57.8 Å². The Morgan fingerprint density at radius 3 is 2.84 bits per heavy atom. The molecule has 1 atom stereocenters. The molecule has 2 aliphatic rings. The van der Waals surface area contributed by atoms with E-state index in [-0.39, 0.29) is 5.91 Å². The third-order valence-electron chi connectivity index (χ3n) is 5.56. The number of hydrogen-bond acceptors (Lipinski definition) is 3. The number of benzene rings is 1. The highest BCUT2D eigenvalue weighted by Crippen LogP contribution is 2.36. The summed E-state index contributed by atoms with van der Waals surface area (Å²) < 4.78 is 0. The van der Waals surface area contributed by atoms with Crippen LogP contribution in [-0.2, 0) is 24.3 Å². The van der Waals surface area contributed by atoms with Crippen LogP contribution in [0.15, 0.2) is 41.8 Å². The first-order valence-electron chi connectivity index (χ1n) is 9.31. The number of nitrogens with zero attached hydrogens (tertiary/aromatic N) is 2. The predicted octanol–water partition coefficient (Wildman–Crippen LogP) is 3.93. The Morgan fingerprint density at radius 1 is 1.28 bits per heavy atom. The van der Waals surface area contributed by atoms with E-state index < -0.39 is 0 Å². The van der Waals surface area contributed by atoms with Crippen molar-refractivity contribution in [3.63, 3.8) is 0 Å². The Bertz CT molecular complexity index is 723. The minimum atomic E-state index is 0.280. The molecule has 1 aliphatic carbocycles. The van der Waals surface area contributed by atoms with Gasteiger partial charge in [-0.15, -0.1) is 11.3 Å². The highest BCUT2D eigenvalue weighted by atomic mass is 32.1. The summed E-state index contributed by atoms with van der Waals surface area (Å²) in [6, 6.07) is 13.0. The lowest BCUT2D eigenvalue weighted by Gasteiger charge is -2.33. The summed E-state index contributed by atoms with van der Waals surface area (Å²) in [5, 5.41) is 2.17. The summed E-state index contributed by atoms with van der Waals surface area (Å²) in [5.41, 5.74) is 2.64. The molecule has 2 aromatic rings. The standard InChI is InChI=1S/C21H26N2OS/c1-16(18-7-8-18)23(13-17-5-3-2-4-6-17)21(24)15-22-11-9-20-19(14-22)10-12-25-20/h2-6,10,12,16,18H,7-9,11,13-15H2,1H3. The van der Waals surface area contributed by atoms with Crippen molar-refractivity contribution in [1.82, 2.24) is 9.80 Å². The molecule has 1 fully saturated rings. The lowest BCUT2D eigenvalue weighted by Crippen LogP contribution is -2.46. The zero-order valence-electron chi connectivity index (χ0n) is 14.9. The third-order valence-corrected chi connectivity index (χ3v) is 6.58. The van der Waals surface area contributed by atoms with Crippen LogP contribution < -0.4 is 0 Å². The Hall–Kier alpha value is -1.65. The van der Waals surface area contributed by atoms with Crippen LogP contribution in [-0.4, -0.2) is 34.8 Å². The molecule has 1 unspecified atom stereocenters. The summed E-state index contributed by atoms with van der Waals surface area (Å²) in [6.07, 6.45) is 3.61. The van der Waals surface area contributed by atoms with Gasteiger partial charge in [-0.05, 0) is 54.7 Å². The molecule has 1 aliphatic heterocycles. The van der Waals surface area contributed by atoms with E-state index >= 15 is 0 Å². The fourth-order valence-electron chi connectivity index (χ4n) is 3.80. The maximum absolute atomic E-state index is 13.1. The summed E-state index contributed by atoms with van der Waals surface area (Å²) in [4.78, 5) is 19.1. The second-order valence-corrected chi connectivity index (χ2v) is 8.42. The van der Waals surface area contributed by atoms with Gasteiger partial charge in [0, 0.05) is 30.6 Å². The average molecular weight is 355 g/mol. The maximum Gasteiger partial charge on any atom is 0.237 e. The van der Waals surface area contributed by atoms with Crippen LogP contribution in [0, 0.1) is 5.92 Å². The Balaban J connectivity index is 1.44. The van der Waals surface area contributed by atoms with Crippen molar-refractivity contribution < 1.29 is 4.79 Å². The summed E-state index contributed by atoms with van der Waals surface area (Å²) in [6.45, 7) is 5.41. The molecule has 25 heavy (non-hydrogen) atoms. The smallest absolute Gasteiger partial charge is 0.237 e. The van der Waals surface area contributed by atoms with E-state index in [1.54, 1.807) is 0 Å². The second kappa shape index (κ2) is 7.30. The van der Waals surface area contributed by atoms with Gasteiger partial charge in [0.1, 0.15) is 0 Å². The largest absolute Gasteiger partial charge is 0.334 e. The molecule has 2 heterocycles. The molecule has 0 radical (unpaired) electrons. The number of carbonyl (C=O) groups excluding carboxylic acids is 1. The number of amides is 1. The van der Waals surface area contributed by atoms with Gasteiger partial charge in [-0.2, -0.15) is 0 Å². The van der Waals surface area contributed by atoms with Crippen molar-refractivity contribution in [2.75, 3.05) is 13.1 Å². The highest BCUT2D eigenvalue weighted by molar-refractivity contribution is 7.10. The number of hydrogen-bond donors (Lipinski definition) is 0. The molecular weight excluding hydrogens is 328 g/mol. The lowest BCUT2D eigenvalue weighted by atomic mass is 10.1. The Kier molecular flexibility index (Phi) is 4.91. The minimum Gasteiger partial charge on any atom is -0.334 e. The molecule has 3 nitrogen and oxygen atoms in total. The zero-order valence-corrected chi connectivity index (χ0v) is 15.7. The fraction of sp³-hybridized carbons (Fsp3) is 0.476. The van der Waals surface area contributed by atoms with Gasteiger partial charge in [0.15, 0.2) is 0 Å². The zero-order chi connectivity index (χ0) is 17.2. The van der Waals surface area contributed by atoms with Crippen LogP contribution in [0.2, 0.25) is 0 Å². The van der Waals surface area contributed by atoms with Crippen LogP contribution in [0.25, 0.3) is 0 Å². The predicted molar refractivity (Wildman–Crippen MR) is 102 cm³/mol. The van der Waals surface area contributed by atoms with E-state index in [9.17, 15) is 4.79 Å². The van der Waals surface area contributed by atoms with Crippen molar-refractivity contribution >= 4 is 17.2 Å². The SMILES string of the molecule is CC(C1CC1)N(Cc1ccccc1)C(=O)CN1CCc2sccc2C1. The molecule has 1 aromatic heterocycles. The van der Waals surface area contributed by atoms with Gasteiger partial charge in [-0.25, -0.2) is 0 Å². The van der Waals surface area contributed by atoms with Crippen molar-refractivity contribution in [2.24, 2.45) is 5.92 Å². The van der Waals surface area contributed by atoms with Gasteiger partial charge in [-0.3, -0.25) is 9.69 Å². The summed E-state index contributed by atoms with van der Waals surface area (Å²) >= 11 is 1.85. The fourth-order valence-corrected chi connectivity index (χ4v) is 4.69. The van der Waals surface area contributed by atoms with E-state index in [0.717, 1.165) is 26.1 Å². The molecule has 1 amide bonds. The third kappa shape index (κ3) is 3.96. The van der Waals surface area contributed by atoms with Crippen molar-refractivity contribution in [2.45, 2.75) is 45.3 Å². The van der Waals surface area contributed by atoms with E-state index in [1.165, 1.54) is 28.8 Å². The first-order valence-corrected chi connectivity index (χ1v) is 10.2. The van der Waals surface area contributed by atoms with Crippen LogP contribution in [0.1, 0.15) is 35.8 Å². The van der Waals surface area contributed by atoms with E-state index in [4.69, 9.17) is 0 Å². The quantitative estimate of drug-likeness (QED) is 0.785. The maximum atomic E-state index is 13.1. The van der Waals surface area contributed by atoms with Gasteiger partial charge < -0.3 is 4.90 Å². The van der Waals surface area contributed by atoms with Crippen molar-refractivity contribution in [3.8, 4) is 0 Å². The second-order valence-electron chi connectivity index (χ2n) is 7.41. The normalized spacial score (nSPS) is 18.6. The van der Waals surface area contributed by atoms with Crippen LogP contribution >= 0.6 is 11.3 Å². The molecular formula is C21H26N2OS. The molecule has 1 saturated carbocycles. The monoisotopic (exact) mass is 354 g/mol. The van der Waals surface area contributed by atoms with E-state index in [2.05, 4.69) is 52.4 Å². The lowest BCUT2D eigenvalue weighted by molar-refractivity contribution is -0.135. The van der Waals surface area contributed by atoms with Gasteiger partial charge in [-0.1, -0.05) is 30.3 Å². The molecule has 4 heteroatoms. The first kappa shape index (κ1) is 16.8. The number of fused-ring (bicyclic) bond motifs is 1. The van der Waals surface area contributed by atoms with Crippen LogP contribution in [0.3, 0.4) is 0 Å². The minimum absolute atomic E-state index is 0.280. The first-order chi connectivity index (χ1) is 12.2. The molecule has 132 valence electrons. The number of carbonyl (C=O) groups is 1. The van der Waals surface area contributed by atoms with Gasteiger partial charge in [0.2, 0.25) is 5.91 Å². The number of thiophene rings is 1. The average Bonchev–Trinajstić information content (AvgIpc) is 3.38. The molecule has 1 aromatic carbocycles. The van der Waals surface area contributed by atoms with Gasteiger partial charge in [0.25, 0.3) is 0 Å². The van der Waals surface area contributed by atoms with Crippen LogP contribution in [0.4, 0.5) is 0 Å². The molecule has 0 spiro atoms. The molecule has 0 N–H and O–H groups in total. The highest BCUT2D eigenvalue weighted by Gasteiger charge is 2.34. The van der Waals surface area contributed by atoms with Crippen molar-refractivity contribution in [1.29, 1.82) is 0 Å². The topological polar surface area (TPSA) is 23.6 Å². The van der Waals surface area contributed by atoms with E-state index in [0.29, 0.717) is 18.5 Å². The molecule has 4 rings (SSSR count).